The lowest BCUT2D eigenvalue weighted by molar-refractivity contribution is -0.131. The van der Waals surface area contributed by atoms with Crippen molar-refractivity contribution in [3.63, 3.8) is 0 Å². The van der Waals surface area contributed by atoms with Gasteiger partial charge in [-0.25, -0.2) is 0 Å². The average Bonchev–Trinajstić information content (AvgIpc) is 3.10. The molecule has 1 aromatic rings. The first-order chi connectivity index (χ1) is 14.1. The fourth-order valence-corrected chi connectivity index (χ4v) is 4.67. The first-order valence-electron chi connectivity index (χ1n) is 10.4. The Kier molecular flexibility index (Phi) is 5.94. The van der Waals surface area contributed by atoms with Crippen molar-refractivity contribution in [3.8, 4) is 0 Å². The van der Waals surface area contributed by atoms with E-state index < -0.39 is 11.8 Å². The minimum atomic E-state index is -0.409. The van der Waals surface area contributed by atoms with Crippen LogP contribution in [0.3, 0.4) is 0 Å². The second kappa shape index (κ2) is 8.61. The van der Waals surface area contributed by atoms with Crippen LogP contribution in [0.15, 0.2) is 18.2 Å². The highest BCUT2D eigenvalue weighted by molar-refractivity contribution is 6.27. The molecule has 2 atom stereocenters. The third kappa shape index (κ3) is 4.05. The fraction of sp³-hybridized carbons (Fsp3) is 0.571. The molecule has 0 aliphatic carbocycles. The number of rotatable bonds is 6. The van der Waals surface area contributed by atoms with Crippen molar-refractivity contribution in [2.75, 3.05) is 50.7 Å². The largest absolute Gasteiger partial charge is 0.369 e. The van der Waals surface area contributed by atoms with Gasteiger partial charge in [-0.05, 0) is 36.6 Å². The maximum Gasteiger partial charge on any atom is 0.254 e. The number of nitrogens with zero attached hydrogens (tertiary/aromatic N) is 3. The van der Waals surface area contributed by atoms with Crippen molar-refractivity contribution < 1.29 is 14.4 Å². The van der Waals surface area contributed by atoms with Crippen LogP contribution in [0.5, 0.6) is 0 Å². The van der Waals surface area contributed by atoms with Gasteiger partial charge in [0.25, 0.3) is 5.91 Å². The topological polar surface area (TPSA) is 99.0 Å². The summed E-state index contributed by atoms with van der Waals surface area (Å²) >= 11 is 0. The number of carbonyl (C=O) groups is 3. The maximum atomic E-state index is 12.9. The van der Waals surface area contributed by atoms with Crippen molar-refractivity contribution in [2.45, 2.75) is 31.5 Å². The number of ketones is 1. The standard InChI is InChI=1S/C21H29N5O3/c22-5-6-24-7-9-25(10-8-24)16-1-3-18-15(11-16)13-26(21(18)29)17-2-4-19(23-12-17)20(28)14-27/h1,3,11,14,17,19,23H,2,4-10,12-13,22H2. The van der Waals surface area contributed by atoms with E-state index in [0.29, 0.717) is 32.3 Å². The molecule has 1 aromatic carbocycles. The number of nitrogens with one attached hydrogen (secondary N) is 1. The van der Waals surface area contributed by atoms with E-state index in [9.17, 15) is 14.4 Å². The van der Waals surface area contributed by atoms with Crippen molar-refractivity contribution >= 4 is 23.7 Å². The molecule has 3 heterocycles. The number of fused-ring (bicyclic) bond motifs is 1. The summed E-state index contributed by atoms with van der Waals surface area (Å²) in [6.45, 7) is 6.73. The SMILES string of the molecule is NCCN1CCN(c2ccc3c(c2)CN(C2CCC(C(=O)C=O)NC2)C3=O)CC1. The lowest BCUT2D eigenvalue weighted by Gasteiger charge is -2.36. The van der Waals surface area contributed by atoms with Crippen molar-refractivity contribution in [1.29, 1.82) is 0 Å². The number of carbonyl (C=O) groups excluding carboxylic acids is 3. The van der Waals surface area contributed by atoms with Crippen molar-refractivity contribution in [1.82, 2.24) is 15.1 Å². The summed E-state index contributed by atoms with van der Waals surface area (Å²) < 4.78 is 0. The molecule has 156 valence electrons. The Hall–Kier alpha value is -2.29. The summed E-state index contributed by atoms with van der Waals surface area (Å²) in [6, 6.07) is 5.80. The van der Waals surface area contributed by atoms with E-state index in [1.165, 1.54) is 5.69 Å². The molecule has 0 radical (unpaired) electrons. The van der Waals surface area contributed by atoms with Gasteiger partial charge in [0, 0.05) is 69.7 Å². The number of piperazine rings is 1. The van der Waals surface area contributed by atoms with Gasteiger partial charge in [-0.15, -0.1) is 0 Å². The molecule has 2 unspecified atom stereocenters. The van der Waals surface area contributed by atoms with Crippen LogP contribution in [0.25, 0.3) is 0 Å². The number of anilines is 1. The van der Waals surface area contributed by atoms with E-state index in [1.54, 1.807) is 0 Å². The molecule has 8 heteroatoms. The van der Waals surface area contributed by atoms with Gasteiger partial charge in [-0.2, -0.15) is 0 Å². The van der Waals surface area contributed by atoms with E-state index in [0.717, 1.165) is 50.3 Å². The van der Waals surface area contributed by atoms with Crippen LogP contribution >= 0.6 is 0 Å². The van der Waals surface area contributed by atoms with Crippen LogP contribution in [-0.2, 0) is 16.1 Å². The van der Waals surface area contributed by atoms with Crippen molar-refractivity contribution in [2.24, 2.45) is 5.73 Å². The molecule has 2 saturated heterocycles. The normalized spacial score (nSPS) is 25.2. The van der Waals surface area contributed by atoms with Gasteiger partial charge in [0.2, 0.25) is 5.78 Å². The van der Waals surface area contributed by atoms with Gasteiger partial charge < -0.3 is 20.9 Å². The molecule has 8 nitrogen and oxygen atoms in total. The zero-order chi connectivity index (χ0) is 20.4. The van der Waals surface area contributed by atoms with Gasteiger partial charge >= 0.3 is 0 Å². The molecule has 3 aliphatic heterocycles. The number of benzene rings is 1. The minimum absolute atomic E-state index is 0.0499. The molecule has 0 bridgehead atoms. The highest BCUT2D eigenvalue weighted by Crippen LogP contribution is 2.31. The third-order valence-electron chi connectivity index (χ3n) is 6.39. The summed E-state index contributed by atoms with van der Waals surface area (Å²) in [7, 11) is 0. The monoisotopic (exact) mass is 399 g/mol. The smallest absolute Gasteiger partial charge is 0.254 e. The second-order valence-electron chi connectivity index (χ2n) is 8.10. The molecule has 3 N–H and O–H groups in total. The first kappa shape index (κ1) is 20.0. The zero-order valence-electron chi connectivity index (χ0n) is 16.7. The average molecular weight is 399 g/mol. The van der Waals surface area contributed by atoms with Gasteiger partial charge in [-0.3, -0.25) is 19.3 Å². The van der Waals surface area contributed by atoms with E-state index in [2.05, 4.69) is 27.2 Å². The molecule has 29 heavy (non-hydrogen) atoms. The highest BCUT2D eigenvalue weighted by atomic mass is 16.2. The summed E-state index contributed by atoms with van der Waals surface area (Å²) in [5.74, 6) is -0.345. The van der Waals surface area contributed by atoms with Gasteiger partial charge in [0.1, 0.15) is 0 Å². The second-order valence-corrected chi connectivity index (χ2v) is 8.10. The van der Waals surface area contributed by atoms with Gasteiger partial charge in [0.15, 0.2) is 6.29 Å². The van der Waals surface area contributed by atoms with E-state index in [-0.39, 0.29) is 11.9 Å². The van der Waals surface area contributed by atoms with E-state index >= 15 is 0 Å². The number of hydrogen-bond donors (Lipinski definition) is 2. The first-order valence-corrected chi connectivity index (χ1v) is 10.4. The number of hydrogen-bond acceptors (Lipinski definition) is 7. The Morgan fingerprint density at radius 2 is 2.00 bits per heavy atom. The number of piperidine rings is 1. The molecule has 3 aliphatic rings. The lowest BCUT2D eigenvalue weighted by atomic mass is 9.97. The number of Topliss-reactive ketones (excluding diaryl/α,β-unsaturated/α-hetero) is 1. The highest BCUT2D eigenvalue weighted by Gasteiger charge is 2.36. The molecule has 2 fully saturated rings. The van der Waals surface area contributed by atoms with Gasteiger partial charge in [-0.1, -0.05) is 0 Å². The van der Waals surface area contributed by atoms with E-state index in [4.69, 9.17) is 5.73 Å². The molecule has 1 amide bonds. The number of amides is 1. The maximum absolute atomic E-state index is 12.9. The fourth-order valence-electron chi connectivity index (χ4n) is 4.67. The van der Waals surface area contributed by atoms with Crippen LogP contribution in [0.2, 0.25) is 0 Å². The Balaban J connectivity index is 1.39. The Morgan fingerprint density at radius 3 is 2.66 bits per heavy atom. The number of aldehydes is 1. The molecule has 0 saturated carbocycles. The Labute approximate surface area is 171 Å². The lowest BCUT2D eigenvalue weighted by Crippen LogP contribution is -2.52. The van der Waals surface area contributed by atoms with Crippen LogP contribution in [-0.4, -0.2) is 85.7 Å². The third-order valence-corrected chi connectivity index (χ3v) is 6.39. The van der Waals surface area contributed by atoms with Crippen LogP contribution in [0.4, 0.5) is 5.69 Å². The number of nitrogens with two attached hydrogens (primary N) is 1. The predicted octanol–water partition coefficient (Wildman–Crippen LogP) is -0.388. The summed E-state index contributed by atoms with van der Waals surface area (Å²) in [6.07, 6.45) is 1.69. The molecule has 0 spiro atoms. The molecular formula is C21H29N5O3. The van der Waals surface area contributed by atoms with Crippen LogP contribution in [0, 0.1) is 0 Å². The quantitative estimate of drug-likeness (QED) is 0.497. The molecule has 4 rings (SSSR count). The van der Waals surface area contributed by atoms with E-state index in [1.807, 2.05) is 11.0 Å². The Bertz CT molecular complexity index is 783. The van der Waals surface area contributed by atoms with Gasteiger partial charge in [0.05, 0.1) is 6.04 Å². The molecule has 0 aromatic heterocycles. The van der Waals surface area contributed by atoms with Crippen molar-refractivity contribution in [3.05, 3.63) is 29.3 Å². The predicted molar refractivity (Wildman–Crippen MR) is 110 cm³/mol. The minimum Gasteiger partial charge on any atom is -0.369 e. The van der Waals surface area contributed by atoms with Crippen LogP contribution in [0.1, 0.15) is 28.8 Å². The van der Waals surface area contributed by atoms with Crippen LogP contribution < -0.4 is 16.0 Å². The Morgan fingerprint density at radius 1 is 1.21 bits per heavy atom. The summed E-state index contributed by atoms with van der Waals surface area (Å²) in [5.41, 5.74) is 8.68. The zero-order valence-corrected chi connectivity index (χ0v) is 16.7. The molecular weight excluding hydrogens is 370 g/mol. The summed E-state index contributed by atoms with van der Waals surface area (Å²) in [5, 5.41) is 3.13. The summed E-state index contributed by atoms with van der Waals surface area (Å²) in [4.78, 5) is 41.8.